The maximum atomic E-state index is 14.4. The average Bonchev–Trinajstić information content (AvgIpc) is 0.736. The molecule has 4 bridgehead atoms. The molecule has 7 aliphatic rings. The molecule has 22 nitrogen and oxygen atoms in total. The van der Waals surface area contributed by atoms with Gasteiger partial charge in [-0.3, -0.25) is 23.9 Å². The molecule has 5 N–H and O–H groups in total. The van der Waals surface area contributed by atoms with Gasteiger partial charge in [-0.2, -0.15) is 5.10 Å². The Kier molecular flexibility index (Phi) is 22.9. The highest BCUT2D eigenvalue weighted by Gasteiger charge is 2.66. The van der Waals surface area contributed by atoms with E-state index in [4.69, 9.17) is 24.9 Å². The van der Waals surface area contributed by atoms with Gasteiger partial charge in [0.15, 0.2) is 22.5 Å². The van der Waals surface area contributed by atoms with Crippen LogP contribution in [0.25, 0.3) is 31.8 Å². The molecule has 8 heterocycles. The third-order valence-corrected chi connectivity index (χ3v) is 25.8. The standard InChI is InChI=1S/C82H110N14O8S2/c1-52-60-23-22-36-94(72(60)91-90-71(52)89-77-86-63-24-19-20-25-65(63)106-77)66-32-31-61(68(87-66)76(102)103)62-42-84-96(55(62)4)50-81-45-79(8)44-80(9,46-81)48-82(47-79,49-81)104-40-39-92(10)35-21-17-15-13-11-12-14-16-18-26-67(98)93-37-33-58(34-38-93)73(99)88-70(78(5,6)7)75(101)95-43-59(97)41-64(95)74(100)85-53(2)56-27-29-57(30-28-56)69-54(3)83-51-105-69/h19-20,24-25,27-32,42,51,53,58-59,64,70,97H,11-18,21-23,26,33-41,43-50H2,1-10H3,(H,85,100)(H,88,99)(H,102,103)(H,86,89,90)/t53-,59+,64-,70+,79?,80?,81?,82?/m0/s1. The number of β-amino-alcohol motifs (C(OH)–C–C–N with tert-alkyl or cyclic N) is 1. The van der Waals surface area contributed by atoms with Crippen molar-refractivity contribution in [3.05, 3.63) is 106 Å². The number of amides is 4. The van der Waals surface area contributed by atoms with Gasteiger partial charge in [0.05, 0.1) is 56.8 Å². The van der Waals surface area contributed by atoms with Gasteiger partial charge in [-0.1, -0.05) is 127 Å². The Morgan fingerprint density at radius 2 is 1.50 bits per heavy atom. The number of likely N-dealkylation sites (tertiary alicyclic amines) is 2. The number of carboxylic acid groups (broad SMARTS) is 1. The predicted molar refractivity (Wildman–Crippen MR) is 417 cm³/mol. The summed E-state index contributed by atoms with van der Waals surface area (Å²) in [5.74, 6) is -0.381. The summed E-state index contributed by atoms with van der Waals surface area (Å²) < 4.78 is 10.4. The molecule has 14 rings (SSSR count). The maximum absolute atomic E-state index is 14.4. The number of rotatable bonds is 30. The van der Waals surface area contributed by atoms with E-state index in [0.717, 1.165) is 150 Å². The van der Waals surface area contributed by atoms with Crippen LogP contribution in [-0.4, -0.2) is 166 Å². The molecule has 3 aliphatic heterocycles. The predicted octanol–water partition coefficient (Wildman–Crippen LogP) is 14.5. The summed E-state index contributed by atoms with van der Waals surface area (Å²) in [6.45, 7) is 23.7. The second kappa shape index (κ2) is 31.8. The fourth-order valence-electron chi connectivity index (χ4n) is 19.5. The number of carbonyl (C=O) groups is 5. The molecule has 6 fully saturated rings. The first kappa shape index (κ1) is 76.4. The number of carboxylic acids is 1. The molecule has 2 unspecified atom stereocenters. The number of nitrogens with zero attached hydrogens (tertiary/aromatic N) is 11. The molecule has 4 saturated carbocycles. The number of fused-ring (bicyclic) bond motifs is 2. The summed E-state index contributed by atoms with van der Waals surface area (Å²) in [5.41, 5.74) is 9.47. The fourth-order valence-corrected chi connectivity index (χ4v) is 21.2. The number of carbonyl (C=O) groups excluding carboxylic acids is 4. The molecule has 4 amide bonds. The number of ether oxygens (including phenoxy) is 1. The third-order valence-electron chi connectivity index (χ3n) is 23.9. The van der Waals surface area contributed by atoms with Crippen LogP contribution in [0.4, 0.5) is 22.6 Å². The molecular weight excluding hydrogens is 1370 g/mol. The van der Waals surface area contributed by atoms with Gasteiger partial charge in [0.2, 0.25) is 23.6 Å². The number of hydrogen-bond donors (Lipinski definition) is 5. The summed E-state index contributed by atoms with van der Waals surface area (Å²) >= 11 is 3.16. The Labute approximate surface area is 632 Å². The van der Waals surface area contributed by atoms with Crippen LogP contribution in [0.5, 0.6) is 0 Å². The lowest BCUT2D eigenvalue weighted by Gasteiger charge is -2.69. The molecule has 106 heavy (non-hydrogen) atoms. The number of aliphatic hydroxyl groups is 1. The minimum atomic E-state index is -1.09. The van der Waals surface area contributed by atoms with Crippen LogP contribution in [0.15, 0.2) is 72.4 Å². The molecule has 0 spiro atoms. The van der Waals surface area contributed by atoms with Crippen LogP contribution in [0.3, 0.4) is 0 Å². The zero-order valence-corrected chi connectivity index (χ0v) is 65.5. The molecule has 6 atom stereocenters. The number of benzene rings is 2. The Balaban J connectivity index is 0.503. The largest absolute Gasteiger partial charge is 0.476 e. The first-order valence-corrected chi connectivity index (χ1v) is 40.6. The number of aromatic carboxylic acids is 1. The number of para-hydroxylation sites is 1. The first-order valence-electron chi connectivity index (χ1n) is 38.9. The number of nitrogens with one attached hydrogen (secondary N) is 3. The normalized spacial score (nSPS) is 23.5. The SMILES string of the molecule is Cc1ncsc1-c1ccc([C@H](C)NC(=O)[C@@H]2C[C@@H](O)CN2C(=O)[C@@H](NC(=O)C2CCN(C(=O)CCCCCCCCCCCN(C)CCOC34CC5(C)CC(C)(CC(Cn6ncc(-c7ccc(N8CCCc9c8nnc(Nc8nc%10ccccc%10s8)c9C)nc7C(=O)O)c6C)(C5)C3)C4)CC2)C(C)(C)C)cc1. The molecule has 5 aromatic heterocycles. The van der Waals surface area contributed by atoms with E-state index in [0.29, 0.717) is 68.5 Å². The van der Waals surface area contributed by atoms with Crippen LogP contribution >= 0.6 is 22.7 Å². The monoisotopic (exact) mass is 1480 g/mol. The van der Waals surface area contributed by atoms with E-state index in [-0.39, 0.29) is 76.1 Å². The first-order chi connectivity index (χ1) is 50.7. The van der Waals surface area contributed by atoms with Crippen LogP contribution in [0.1, 0.15) is 215 Å². The van der Waals surface area contributed by atoms with Crippen LogP contribution in [-0.2, 0) is 36.9 Å². The van der Waals surface area contributed by atoms with Crippen molar-refractivity contribution < 1.29 is 38.9 Å². The van der Waals surface area contributed by atoms with Crippen molar-refractivity contribution in [3.8, 4) is 21.6 Å². The topological polar surface area (TPSA) is 266 Å². The minimum Gasteiger partial charge on any atom is -0.476 e. The molecule has 7 aromatic rings. The zero-order valence-electron chi connectivity index (χ0n) is 63.9. The van der Waals surface area contributed by atoms with Gasteiger partial charge in [0.25, 0.3) is 0 Å². The molecule has 0 radical (unpaired) electrons. The van der Waals surface area contributed by atoms with Crippen molar-refractivity contribution in [2.24, 2.45) is 27.6 Å². The van der Waals surface area contributed by atoms with Crippen molar-refractivity contribution in [2.75, 3.05) is 63.1 Å². The molecule has 2 aromatic carbocycles. The third kappa shape index (κ3) is 17.1. The summed E-state index contributed by atoms with van der Waals surface area (Å²) in [4.78, 5) is 91.5. The van der Waals surface area contributed by atoms with Gasteiger partial charge in [-0.05, 0) is 175 Å². The Morgan fingerprint density at radius 3 is 2.19 bits per heavy atom. The van der Waals surface area contributed by atoms with Gasteiger partial charge < -0.3 is 50.5 Å². The van der Waals surface area contributed by atoms with Gasteiger partial charge in [0, 0.05) is 86.0 Å². The number of aliphatic hydroxyl groups excluding tert-OH is 1. The molecule has 24 heteroatoms. The van der Waals surface area contributed by atoms with Crippen molar-refractivity contribution >= 4 is 85.1 Å². The van der Waals surface area contributed by atoms with E-state index in [9.17, 15) is 34.2 Å². The second-order valence-electron chi connectivity index (χ2n) is 33.9. The highest BCUT2D eigenvalue weighted by atomic mass is 32.1. The van der Waals surface area contributed by atoms with E-state index in [1.165, 1.54) is 43.4 Å². The van der Waals surface area contributed by atoms with Crippen molar-refractivity contribution in [2.45, 2.75) is 234 Å². The van der Waals surface area contributed by atoms with Crippen LogP contribution < -0.4 is 20.9 Å². The van der Waals surface area contributed by atoms with E-state index >= 15 is 0 Å². The molecule has 568 valence electrons. The van der Waals surface area contributed by atoms with Gasteiger partial charge >= 0.3 is 5.97 Å². The number of hydrogen-bond acceptors (Lipinski definition) is 18. The van der Waals surface area contributed by atoms with Gasteiger partial charge in [-0.15, -0.1) is 21.5 Å². The summed E-state index contributed by atoms with van der Waals surface area (Å²) in [5, 5.41) is 46.2. The zero-order chi connectivity index (χ0) is 74.9. The Bertz CT molecular complexity index is 4280. The van der Waals surface area contributed by atoms with Crippen molar-refractivity contribution in [1.29, 1.82) is 0 Å². The Morgan fingerprint density at radius 1 is 0.792 bits per heavy atom. The van der Waals surface area contributed by atoms with E-state index < -0.39 is 29.6 Å². The highest BCUT2D eigenvalue weighted by molar-refractivity contribution is 7.22. The van der Waals surface area contributed by atoms with E-state index in [1.807, 2.05) is 118 Å². The van der Waals surface area contributed by atoms with Gasteiger partial charge in [-0.25, -0.2) is 19.7 Å². The van der Waals surface area contributed by atoms with E-state index in [2.05, 4.69) is 69.5 Å². The lowest BCUT2D eigenvalue weighted by Crippen LogP contribution is -2.64. The lowest BCUT2D eigenvalue weighted by atomic mass is 9.39. The van der Waals surface area contributed by atoms with Gasteiger partial charge in [0.1, 0.15) is 17.9 Å². The smallest absolute Gasteiger partial charge is 0.355 e. The van der Waals surface area contributed by atoms with Crippen molar-refractivity contribution in [1.82, 2.24) is 60.3 Å². The van der Waals surface area contributed by atoms with Crippen LogP contribution in [0, 0.1) is 48.3 Å². The number of anilines is 4. The fraction of sp³-hybridized carbons (Fsp3) is 0.598. The molecule has 2 saturated heterocycles. The highest BCUT2D eigenvalue weighted by Crippen LogP contribution is 2.72. The summed E-state index contributed by atoms with van der Waals surface area (Å²) in [6.07, 6.45) is 21.1. The molecular formula is C82H110N14O8S2. The number of piperidine rings is 1. The lowest BCUT2D eigenvalue weighted by molar-refractivity contribution is -0.248. The summed E-state index contributed by atoms with van der Waals surface area (Å²) in [7, 11) is 2.23. The van der Waals surface area contributed by atoms with Crippen LogP contribution in [0.2, 0.25) is 0 Å². The minimum absolute atomic E-state index is 0.00185. The van der Waals surface area contributed by atoms with Crippen molar-refractivity contribution in [3.63, 3.8) is 0 Å². The maximum Gasteiger partial charge on any atom is 0.355 e. The number of unbranched alkanes of at least 4 members (excludes halogenated alkanes) is 8. The number of thiazole rings is 2. The number of likely N-dealkylation sites (N-methyl/N-ethyl adjacent to an activating group) is 1. The second-order valence-corrected chi connectivity index (χ2v) is 35.8. The Hall–Kier alpha value is -7.77. The average molecular weight is 1480 g/mol. The number of aromatic nitrogens is 7. The quantitative estimate of drug-likeness (QED) is 0.0262. The summed E-state index contributed by atoms with van der Waals surface area (Å²) in [6, 6.07) is 17.7. The van der Waals surface area contributed by atoms with E-state index in [1.54, 1.807) is 22.7 Å². The number of aryl methyl sites for hydroxylation is 1. The number of pyridine rings is 1. The molecule has 4 aliphatic carbocycles.